The van der Waals surface area contributed by atoms with Gasteiger partial charge in [-0.05, 0) is 29.3 Å². The first kappa shape index (κ1) is 19.4. The van der Waals surface area contributed by atoms with E-state index < -0.39 is 6.67 Å². The Bertz CT molecular complexity index is 813. The summed E-state index contributed by atoms with van der Waals surface area (Å²) in [6, 6.07) is 26.9. The van der Waals surface area contributed by atoms with Gasteiger partial charge in [0.25, 0.3) is 0 Å². The molecule has 0 amide bonds. The Balaban J connectivity index is 1.76. The standard InChI is InChI=1S/C23H23ClFNO/c24-23-14-8-7-11-20(23)17-26(16-19-9-3-1-4-10-19)21(15-25)18-27-22-12-5-2-6-13-22/h1-14,21H,15-18H2. The van der Waals surface area contributed by atoms with Crippen LogP contribution in [0.15, 0.2) is 84.9 Å². The molecule has 0 aliphatic carbocycles. The molecule has 0 aliphatic heterocycles. The quantitative estimate of drug-likeness (QED) is 0.465. The summed E-state index contributed by atoms with van der Waals surface area (Å²) < 4.78 is 19.8. The Hall–Kier alpha value is -2.36. The summed E-state index contributed by atoms with van der Waals surface area (Å²) in [6.45, 7) is 0.960. The molecule has 0 aliphatic rings. The van der Waals surface area contributed by atoms with Crippen molar-refractivity contribution in [1.29, 1.82) is 0 Å². The minimum Gasteiger partial charge on any atom is -0.492 e. The van der Waals surface area contributed by atoms with Gasteiger partial charge in [0.05, 0.1) is 6.04 Å². The Kier molecular flexibility index (Phi) is 7.26. The van der Waals surface area contributed by atoms with E-state index >= 15 is 0 Å². The van der Waals surface area contributed by atoms with Crippen molar-refractivity contribution in [2.45, 2.75) is 19.1 Å². The summed E-state index contributed by atoms with van der Waals surface area (Å²) in [4.78, 5) is 2.08. The number of benzene rings is 3. The van der Waals surface area contributed by atoms with Gasteiger partial charge >= 0.3 is 0 Å². The smallest absolute Gasteiger partial charge is 0.119 e. The van der Waals surface area contributed by atoms with E-state index in [1.54, 1.807) is 0 Å². The molecular formula is C23H23ClFNO. The molecule has 0 fully saturated rings. The molecule has 27 heavy (non-hydrogen) atoms. The van der Waals surface area contributed by atoms with Crippen LogP contribution >= 0.6 is 11.6 Å². The fourth-order valence-corrected chi connectivity index (χ4v) is 3.13. The van der Waals surface area contributed by atoms with Crippen LogP contribution in [0.5, 0.6) is 5.75 Å². The summed E-state index contributed by atoms with van der Waals surface area (Å²) >= 11 is 6.34. The van der Waals surface area contributed by atoms with Crippen LogP contribution in [0.1, 0.15) is 11.1 Å². The molecule has 0 spiro atoms. The Morgan fingerprint density at radius 3 is 2.11 bits per heavy atom. The van der Waals surface area contributed by atoms with Gasteiger partial charge in [-0.25, -0.2) is 4.39 Å². The Labute approximate surface area is 165 Å². The molecule has 140 valence electrons. The van der Waals surface area contributed by atoms with Gasteiger partial charge in [-0.3, -0.25) is 4.90 Å². The maximum Gasteiger partial charge on any atom is 0.119 e. The van der Waals surface area contributed by atoms with Gasteiger partial charge in [-0.15, -0.1) is 0 Å². The van der Waals surface area contributed by atoms with Crippen molar-refractivity contribution in [3.63, 3.8) is 0 Å². The van der Waals surface area contributed by atoms with Crippen LogP contribution in [-0.2, 0) is 13.1 Å². The number of para-hydroxylation sites is 1. The highest BCUT2D eigenvalue weighted by Gasteiger charge is 2.21. The average molecular weight is 384 g/mol. The molecule has 0 heterocycles. The van der Waals surface area contributed by atoms with E-state index in [1.807, 2.05) is 84.9 Å². The normalized spacial score (nSPS) is 12.1. The molecule has 3 aromatic rings. The summed E-state index contributed by atoms with van der Waals surface area (Å²) in [6.07, 6.45) is 0. The fourth-order valence-electron chi connectivity index (χ4n) is 2.93. The summed E-state index contributed by atoms with van der Waals surface area (Å²) in [5, 5.41) is 0.692. The van der Waals surface area contributed by atoms with Crippen molar-refractivity contribution >= 4 is 11.6 Å². The van der Waals surface area contributed by atoms with Crippen LogP contribution in [-0.4, -0.2) is 24.2 Å². The lowest BCUT2D eigenvalue weighted by Gasteiger charge is -2.30. The lowest BCUT2D eigenvalue weighted by atomic mass is 10.1. The minimum atomic E-state index is -0.496. The van der Waals surface area contributed by atoms with Crippen molar-refractivity contribution in [3.05, 3.63) is 101 Å². The maximum atomic E-state index is 14.0. The van der Waals surface area contributed by atoms with Gasteiger partial charge < -0.3 is 4.74 Å². The second-order valence-corrected chi connectivity index (χ2v) is 6.82. The summed E-state index contributed by atoms with van der Waals surface area (Å²) in [7, 11) is 0. The highest BCUT2D eigenvalue weighted by molar-refractivity contribution is 6.31. The van der Waals surface area contributed by atoms with E-state index in [9.17, 15) is 4.39 Å². The predicted octanol–water partition coefficient (Wildman–Crippen LogP) is 5.76. The van der Waals surface area contributed by atoms with Crippen LogP contribution in [0, 0.1) is 0 Å². The van der Waals surface area contributed by atoms with Gasteiger partial charge in [0.1, 0.15) is 19.0 Å². The van der Waals surface area contributed by atoms with E-state index in [2.05, 4.69) is 4.90 Å². The number of nitrogens with zero attached hydrogens (tertiary/aromatic N) is 1. The second-order valence-electron chi connectivity index (χ2n) is 6.41. The van der Waals surface area contributed by atoms with Gasteiger partial charge in [0.15, 0.2) is 0 Å². The Morgan fingerprint density at radius 1 is 0.815 bits per heavy atom. The molecule has 0 bridgehead atoms. The molecule has 3 rings (SSSR count). The molecule has 1 atom stereocenters. The van der Waals surface area contributed by atoms with Gasteiger partial charge in [0, 0.05) is 18.1 Å². The van der Waals surface area contributed by atoms with Gasteiger partial charge in [-0.1, -0.05) is 78.3 Å². The SMILES string of the molecule is FCC(COc1ccccc1)N(Cc1ccccc1)Cc1ccccc1Cl. The molecule has 0 aromatic heterocycles. The largest absolute Gasteiger partial charge is 0.492 e. The summed E-state index contributed by atoms with van der Waals surface area (Å²) in [5.74, 6) is 0.744. The van der Waals surface area contributed by atoms with E-state index in [1.165, 1.54) is 0 Å². The second kappa shape index (κ2) is 10.1. The van der Waals surface area contributed by atoms with E-state index in [4.69, 9.17) is 16.3 Å². The van der Waals surface area contributed by atoms with Crippen LogP contribution in [0.4, 0.5) is 4.39 Å². The molecular weight excluding hydrogens is 361 g/mol. The summed E-state index contributed by atoms with van der Waals surface area (Å²) in [5.41, 5.74) is 2.11. The van der Waals surface area contributed by atoms with E-state index in [0.29, 0.717) is 18.1 Å². The topological polar surface area (TPSA) is 12.5 Å². The number of ether oxygens (including phenoxy) is 1. The third-order valence-corrected chi connectivity index (χ3v) is 4.81. The van der Waals surface area contributed by atoms with Gasteiger partial charge in [-0.2, -0.15) is 0 Å². The third-order valence-electron chi connectivity index (χ3n) is 4.44. The fraction of sp³-hybridized carbons (Fsp3) is 0.217. The van der Waals surface area contributed by atoms with Crippen molar-refractivity contribution in [2.75, 3.05) is 13.3 Å². The first-order valence-electron chi connectivity index (χ1n) is 9.01. The zero-order valence-electron chi connectivity index (χ0n) is 15.1. The number of alkyl halides is 1. The molecule has 0 N–H and O–H groups in total. The molecule has 0 saturated heterocycles. The molecule has 4 heteroatoms. The Morgan fingerprint density at radius 2 is 1.44 bits per heavy atom. The molecule has 0 radical (unpaired) electrons. The molecule has 0 saturated carbocycles. The zero-order chi connectivity index (χ0) is 18.9. The van der Waals surface area contributed by atoms with Crippen molar-refractivity contribution in [1.82, 2.24) is 4.90 Å². The maximum absolute atomic E-state index is 14.0. The molecule has 3 aromatic carbocycles. The number of hydrogen-bond donors (Lipinski definition) is 0. The van der Waals surface area contributed by atoms with Crippen LogP contribution in [0.25, 0.3) is 0 Å². The monoisotopic (exact) mass is 383 g/mol. The molecule has 2 nitrogen and oxygen atoms in total. The van der Waals surface area contributed by atoms with Crippen molar-refractivity contribution in [3.8, 4) is 5.75 Å². The van der Waals surface area contributed by atoms with Crippen molar-refractivity contribution in [2.24, 2.45) is 0 Å². The first-order valence-corrected chi connectivity index (χ1v) is 9.39. The molecule has 1 unspecified atom stereocenters. The zero-order valence-corrected chi connectivity index (χ0v) is 15.9. The number of hydrogen-bond acceptors (Lipinski definition) is 2. The highest BCUT2D eigenvalue weighted by atomic mass is 35.5. The van der Waals surface area contributed by atoms with Crippen LogP contribution in [0.3, 0.4) is 0 Å². The lowest BCUT2D eigenvalue weighted by molar-refractivity contribution is 0.0995. The highest BCUT2D eigenvalue weighted by Crippen LogP contribution is 2.21. The van der Waals surface area contributed by atoms with Gasteiger partial charge in [0.2, 0.25) is 0 Å². The average Bonchev–Trinajstić information content (AvgIpc) is 2.71. The first-order chi connectivity index (χ1) is 13.3. The van der Waals surface area contributed by atoms with E-state index in [0.717, 1.165) is 16.9 Å². The number of rotatable bonds is 9. The van der Waals surface area contributed by atoms with Crippen molar-refractivity contribution < 1.29 is 9.13 Å². The van der Waals surface area contributed by atoms with Crippen LogP contribution < -0.4 is 4.74 Å². The van der Waals surface area contributed by atoms with Crippen LogP contribution in [0.2, 0.25) is 5.02 Å². The predicted molar refractivity (Wildman–Crippen MR) is 109 cm³/mol. The number of halogens is 2. The van der Waals surface area contributed by atoms with E-state index in [-0.39, 0.29) is 12.6 Å². The third kappa shape index (κ3) is 5.81. The lowest BCUT2D eigenvalue weighted by Crippen LogP contribution is -2.40. The minimum absolute atomic E-state index is 0.276.